The van der Waals surface area contributed by atoms with Gasteiger partial charge in [0.15, 0.2) is 0 Å². The van der Waals surface area contributed by atoms with Crippen LogP contribution in [0.4, 0.5) is 0 Å². The molecule has 0 saturated carbocycles. The zero-order chi connectivity index (χ0) is 8.85. The molecule has 0 aliphatic carbocycles. The Labute approximate surface area is 64.2 Å². The molecule has 0 aromatic rings. The van der Waals surface area contributed by atoms with Crippen molar-refractivity contribution in [2.45, 2.75) is 6.42 Å². The Morgan fingerprint density at radius 3 is 1.45 bits per heavy atom. The van der Waals surface area contributed by atoms with Gasteiger partial charge in [-0.05, 0) is 26.6 Å². The first-order valence-corrected chi connectivity index (χ1v) is 3.19. The van der Waals surface area contributed by atoms with Crippen molar-refractivity contribution in [3.8, 4) is 0 Å². The quantitative estimate of drug-likeness (QED) is 0.467. The van der Waals surface area contributed by atoms with Crippen molar-refractivity contribution in [2.24, 2.45) is 0 Å². The first kappa shape index (κ1) is 9.90. The van der Waals surface area contributed by atoms with Gasteiger partial charge in [-0.3, -0.25) is 0 Å². The Morgan fingerprint density at radius 2 is 1.45 bits per heavy atom. The molecule has 0 aromatic heterocycles. The fourth-order valence-corrected chi connectivity index (χ4v) is 0.474. The summed E-state index contributed by atoms with van der Waals surface area (Å²) in [7, 11) is 2.14. The smallest absolute Gasteiger partial charge is 0.414 e. The lowest BCUT2D eigenvalue weighted by Crippen LogP contribution is -2.32. The van der Waals surface area contributed by atoms with Crippen LogP contribution in [0, 0.1) is 0 Å². The van der Waals surface area contributed by atoms with Crippen molar-refractivity contribution in [3.05, 3.63) is 0 Å². The van der Waals surface area contributed by atoms with Crippen LogP contribution in [-0.2, 0) is 9.59 Å². The van der Waals surface area contributed by atoms with E-state index in [2.05, 4.69) is 11.9 Å². The second kappa shape index (κ2) is 4.68. The molecule has 0 aromatic carbocycles. The zero-order valence-electron chi connectivity index (χ0n) is 6.28. The number of hydrogen-bond acceptors (Lipinski definition) is 3. The van der Waals surface area contributed by atoms with Crippen molar-refractivity contribution < 1.29 is 19.8 Å². The van der Waals surface area contributed by atoms with Gasteiger partial charge in [-0.2, -0.15) is 0 Å². The molecule has 0 radical (unpaired) electrons. The van der Waals surface area contributed by atoms with Gasteiger partial charge in [0.05, 0.1) is 0 Å². The first-order valence-electron chi connectivity index (χ1n) is 3.19. The molecule has 0 atom stereocenters. The van der Waals surface area contributed by atoms with Gasteiger partial charge in [0.25, 0.3) is 0 Å². The van der Waals surface area contributed by atoms with Crippen molar-refractivity contribution in [1.82, 2.24) is 4.90 Å². The summed E-state index contributed by atoms with van der Waals surface area (Å²) in [5.74, 6) is -3.65. The highest BCUT2D eigenvalue weighted by atomic mass is 16.4. The molecule has 0 spiro atoms. The molecule has 64 valence electrons. The molecule has 1 aliphatic heterocycles. The van der Waals surface area contributed by atoms with E-state index in [0.29, 0.717) is 0 Å². The Hall–Kier alpha value is -1.10. The average molecular weight is 161 g/mol. The molecule has 1 rings (SSSR count). The Kier molecular flexibility index (Phi) is 4.21. The predicted octanol–water partition coefficient (Wildman–Crippen LogP) is -0.522. The fourth-order valence-electron chi connectivity index (χ4n) is 0.474. The van der Waals surface area contributed by atoms with Crippen molar-refractivity contribution in [3.63, 3.8) is 0 Å². The van der Waals surface area contributed by atoms with E-state index in [1.165, 1.54) is 19.5 Å². The van der Waals surface area contributed by atoms with Gasteiger partial charge in [0, 0.05) is 0 Å². The maximum atomic E-state index is 9.10. The van der Waals surface area contributed by atoms with Gasteiger partial charge >= 0.3 is 11.9 Å². The van der Waals surface area contributed by atoms with Gasteiger partial charge in [-0.25, -0.2) is 9.59 Å². The topological polar surface area (TPSA) is 77.8 Å². The summed E-state index contributed by atoms with van der Waals surface area (Å²) in [5, 5.41) is 14.8. The molecule has 1 heterocycles. The Morgan fingerprint density at radius 1 is 1.18 bits per heavy atom. The Balaban J connectivity index is 0.000000183. The van der Waals surface area contributed by atoms with Crippen molar-refractivity contribution in [2.75, 3.05) is 20.1 Å². The highest BCUT2D eigenvalue weighted by Crippen LogP contribution is 1.98. The van der Waals surface area contributed by atoms with Gasteiger partial charge < -0.3 is 15.1 Å². The number of likely N-dealkylation sites (tertiary alicyclic amines) is 1. The number of carbonyl (C=O) groups is 2. The van der Waals surface area contributed by atoms with E-state index in [9.17, 15) is 0 Å². The number of carboxylic acid groups (broad SMARTS) is 2. The summed E-state index contributed by atoms with van der Waals surface area (Å²) < 4.78 is 0. The van der Waals surface area contributed by atoms with E-state index < -0.39 is 11.9 Å². The minimum absolute atomic E-state index is 1.32. The van der Waals surface area contributed by atoms with Crippen molar-refractivity contribution in [1.29, 1.82) is 0 Å². The fraction of sp³-hybridized carbons (Fsp3) is 0.667. The molecule has 0 unspecified atom stereocenters. The van der Waals surface area contributed by atoms with Crippen molar-refractivity contribution >= 4 is 11.9 Å². The summed E-state index contributed by atoms with van der Waals surface area (Å²) in [5.41, 5.74) is 0. The highest BCUT2D eigenvalue weighted by molar-refractivity contribution is 6.27. The van der Waals surface area contributed by atoms with E-state index in [0.717, 1.165) is 0 Å². The van der Waals surface area contributed by atoms with E-state index in [4.69, 9.17) is 19.8 Å². The second-order valence-electron chi connectivity index (χ2n) is 2.27. The molecule has 5 heteroatoms. The van der Waals surface area contributed by atoms with Crippen LogP contribution in [0.5, 0.6) is 0 Å². The number of nitrogens with zero attached hydrogens (tertiary/aromatic N) is 1. The number of aliphatic carboxylic acids is 2. The van der Waals surface area contributed by atoms with Gasteiger partial charge in [-0.1, -0.05) is 0 Å². The van der Waals surface area contributed by atoms with Gasteiger partial charge in [0.2, 0.25) is 0 Å². The molecule has 1 aliphatic rings. The molecular formula is C6H11NO4. The minimum Gasteiger partial charge on any atom is -0.473 e. The summed E-state index contributed by atoms with van der Waals surface area (Å²) in [6, 6.07) is 0. The van der Waals surface area contributed by atoms with Crippen LogP contribution < -0.4 is 0 Å². The lowest BCUT2D eigenvalue weighted by molar-refractivity contribution is -0.159. The van der Waals surface area contributed by atoms with E-state index in [1.807, 2.05) is 0 Å². The Bertz CT molecular complexity index is 141. The van der Waals surface area contributed by atoms with E-state index in [-0.39, 0.29) is 0 Å². The van der Waals surface area contributed by atoms with Crippen LogP contribution in [-0.4, -0.2) is 47.2 Å². The average Bonchev–Trinajstić information content (AvgIpc) is 1.85. The maximum Gasteiger partial charge on any atom is 0.414 e. The van der Waals surface area contributed by atoms with E-state index >= 15 is 0 Å². The zero-order valence-corrected chi connectivity index (χ0v) is 6.28. The third-order valence-electron chi connectivity index (χ3n) is 1.26. The van der Waals surface area contributed by atoms with Crippen LogP contribution >= 0.6 is 0 Å². The van der Waals surface area contributed by atoms with Gasteiger partial charge in [0.1, 0.15) is 0 Å². The molecule has 5 nitrogen and oxygen atoms in total. The first-order chi connectivity index (χ1) is 5.04. The minimum atomic E-state index is -1.82. The standard InChI is InChI=1S/C4H9N.C2H2O4/c1-5-3-2-4-5;3-1(4)2(5)6/h2-4H2,1H3;(H,3,4)(H,5,6). The van der Waals surface area contributed by atoms with E-state index in [1.54, 1.807) is 0 Å². The number of rotatable bonds is 0. The molecule has 1 fully saturated rings. The molecule has 0 bridgehead atoms. The summed E-state index contributed by atoms with van der Waals surface area (Å²) in [4.78, 5) is 20.5. The monoisotopic (exact) mass is 161 g/mol. The second-order valence-corrected chi connectivity index (χ2v) is 2.27. The van der Waals surface area contributed by atoms with Crippen LogP contribution in [0.25, 0.3) is 0 Å². The molecule has 1 saturated heterocycles. The van der Waals surface area contributed by atoms with Crippen LogP contribution in [0.15, 0.2) is 0 Å². The molecular weight excluding hydrogens is 150 g/mol. The molecule has 11 heavy (non-hydrogen) atoms. The summed E-state index contributed by atoms with van der Waals surface area (Å²) in [6.07, 6.45) is 1.41. The lowest BCUT2D eigenvalue weighted by atomic mass is 10.3. The van der Waals surface area contributed by atoms with Crippen LogP contribution in [0.2, 0.25) is 0 Å². The molecule has 2 N–H and O–H groups in total. The summed E-state index contributed by atoms with van der Waals surface area (Å²) >= 11 is 0. The van der Waals surface area contributed by atoms with Crippen LogP contribution in [0.1, 0.15) is 6.42 Å². The number of hydrogen-bond donors (Lipinski definition) is 2. The van der Waals surface area contributed by atoms with Crippen LogP contribution in [0.3, 0.4) is 0 Å². The molecule has 0 amide bonds. The third kappa shape index (κ3) is 5.35. The third-order valence-corrected chi connectivity index (χ3v) is 1.26. The van der Waals surface area contributed by atoms with Gasteiger partial charge in [-0.15, -0.1) is 0 Å². The normalized spacial score (nSPS) is 15.7. The SMILES string of the molecule is CN1CCC1.O=C(O)C(=O)O. The lowest BCUT2D eigenvalue weighted by Gasteiger charge is -2.24. The maximum absolute atomic E-state index is 9.10. The summed E-state index contributed by atoms with van der Waals surface area (Å²) in [6.45, 7) is 2.64. The largest absolute Gasteiger partial charge is 0.473 e. The highest BCUT2D eigenvalue weighted by Gasteiger charge is 2.04. The predicted molar refractivity (Wildman–Crippen MR) is 37.4 cm³/mol. The number of carboxylic acids is 2.